The molecule has 1 aromatic rings. The predicted octanol–water partition coefficient (Wildman–Crippen LogP) is 1.70. The number of carbonyl (C=O) groups is 2. The van der Waals surface area contributed by atoms with E-state index in [0.717, 1.165) is 0 Å². The minimum atomic E-state index is -1.27. The second kappa shape index (κ2) is 5.68. The number of halogens is 1. The number of cyclic esters (lactones) is 1. The molecule has 26 heavy (non-hydrogen) atoms. The molecular formula is C18H18FN3O4. The Hall–Kier alpha value is -2.66. The zero-order valence-electron chi connectivity index (χ0n) is 14.0. The van der Waals surface area contributed by atoms with Crippen LogP contribution < -0.4 is 10.2 Å². The maximum Gasteiger partial charge on any atom is 0.414 e. The van der Waals surface area contributed by atoms with E-state index in [0.29, 0.717) is 36.9 Å². The smallest absolute Gasteiger partial charge is 0.414 e. The number of benzene rings is 1. The molecule has 0 bridgehead atoms. The fourth-order valence-electron chi connectivity index (χ4n) is 3.16. The number of amides is 2. The van der Waals surface area contributed by atoms with Crippen molar-refractivity contribution in [3.05, 3.63) is 41.0 Å². The third kappa shape index (κ3) is 2.78. The first-order chi connectivity index (χ1) is 12.4. The lowest BCUT2D eigenvalue weighted by Crippen LogP contribution is -2.41. The first kappa shape index (κ1) is 16.8. The first-order valence-electron chi connectivity index (χ1n) is 8.54. The van der Waals surface area contributed by atoms with Gasteiger partial charge in [0.05, 0.1) is 24.3 Å². The van der Waals surface area contributed by atoms with E-state index in [1.54, 1.807) is 12.1 Å². The molecule has 1 heterocycles. The molecule has 1 aliphatic heterocycles. The van der Waals surface area contributed by atoms with Gasteiger partial charge in [0.15, 0.2) is 0 Å². The number of ether oxygens (including phenoxy) is 1. The van der Waals surface area contributed by atoms with E-state index >= 15 is 0 Å². The van der Waals surface area contributed by atoms with Crippen LogP contribution >= 0.6 is 0 Å². The van der Waals surface area contributed by atoms with Crippen LogP contribution in [0.2, 0.25) is 0 Å². The molecular weight excluding hydrogens is 341 g/mol. The highest BCUT2D eigenvalue weighted by molar-refractivity contribution is 5.90. The Bertz CT molecular complexity index is 826. The number of aliphatic hydroxyl groups is 1. The quantitative estimate of drug-likeness (QED) is 0.784. The predicted molar refractivity (Wildman–Crippen MR) is 88.7 cm³/mol. The van der Waals surface area contributed by atoms with Gasteiger partial charge in [-0.25, -0.2) is 15.8 Å². The topological polar surface area (TPSA) is 83.2 Å². The molecule has 1 aromatic carbocycles. The zero-order chi connectivity index (χ0) is 18.5. The first-order valence-corrected chi connectivity index (χ1v) is 8.54. The number of rotatable bonds is 5. The summed E-state index contributed by atoms with van der Waals surface area (Å²) < 4.78 is 19.6. The molecule has 2 N–H and O–H groups in total. The van der Waals surface area contributed by atoms with E-state index in [9.17, 15) is 19.1 Å². The molecule has 1 saturated heterocycles. The van der Waals surface area contributed by atoms with Gasteiger partial charge in [0, 0.05) is 12.8 Å². The molecule has 136 valence electrons. The highest BCUT2D eigenvalue weighted by Crippen LogP contribution is 2.50. The normalized spacial score (nSPS) is 24.6. The van der Waals surface area contributed by atoms with Crippen LogP contribution in [0.1, 0.15) is 31.2 Å². The summed E-state index contributed by atoms with van der Waals surface area (Å²) in [6.07, 6.45) is 0.974. The van der Waals surface area contributed by atoms with Gasteiger partial charge in [-0.2, -0.15) is 0 Å². The summed E-state index contributed by atoms with van der Waals surface area (Å²) in [5, 5.41) is 12.3. The van der Waals surface area contributed by atoms with Gasteiger partial charge in [-0.15, -0.1) is 0 Å². The van der Waals surface area contributed by atoms with Crippen LogP contribution in [0, 0.1) is 12.4 Å². The van der Waals surface area contributed by atoms with E-state index < -0.39 is 35.1 Å². The van der Waals surface area contributed by atoms with Crippen LogP contribution in [0.4, 0.5) is 14.9 Å². The second-order valence-electron chi connectivity index (χ2n) is 7.17. The van der Waals surface area contributed by atoms with Crippen LogP contribution in [-0.2, 0) is 15.1 Å². The average Bonchev–Trinajstić information content (AvgIpc) is 3.53. The fraction of sp³-hybridized carbons (Fsp3) is 0.500. The Morgan fingerprint density at radius 1 is 1.42 bits per heavy atom. The van der Waals surface area contributed by atoms with Crippen molar-refractivity contribution in [2.75, 3.05) is 18.0 Å². The van der Waals surface area contributed by atoms with Gasteiger partial charge >= 0.3 is 6.09 Å². The molecule has 8 heteroatoms. The highest BCUT2D eigenvalue weighted by atomic mass is 19.1. The Kier molecular flexibility index (Phi) is 3.66. The summed E-state index contributed by atoms with van der Waals surface area (Å²) in [5.74, 6) is -0.965. The van der Waals surface area contributed by atoms with Crippen LogP contribution in [-0.4, -0.2) is 41.9 Å². The van der Waals surface area contributed by atoms with Crippen molar-refractivity contribution >= 4 is 17.7 Å². The van der Waals surface area contributed by atoms with Crippen molar-refractivity contribution in [1.82, 2.24) is 5.32 Å². The lowest BCUT2D eigenvalue weighted by molar-refractivity contribution is -0.131. The van der Waals surface area contributed by atoms with E-state index in [2.05, 4.69) is 10.2 Å². The molecule has 2 amide bonds. The summed E-state index contributed by atoms with van der Waals surface area (Å²) in [6.45, 7) is 7.49. The third-order valence-corrected chi connectivity index (χ3v) is 5.21. The number of hydrogen-bond acceptors (Lipinski definition) is 4. The fourth-order valence-corrected chi connectivity index (χ4v) is 3.16. The molecule has 1 atom stereocenters. The Labute approximate surface area is 149 Å². The molecule has 2 saturated carbocycles. The summed E-state index contributed by atoms with van der Waals surface area (Å²) >= 11 is 0. The van der Waals surface area contributed by atoms with Crippen molar-refractivity contribution in [2.24, 2.45) is 0 Å². The van der Waals surface area contributed by atoms with Gasteiger partial charge in [0.1, 0.15) is 17.5 Å². The lowest BCUT2D eigenvalue weighted by Gasteiger charge is -2.15. The van der Waals surface area contributed by atoms with E-state index in [1.165, 1.54) is 11.0 Å². The van der Waals surface area contributed by atoms with Crippen LogP contribution in [0.25, 0.3) is 4.85 Å². The standard InChI is InChI=1S/C18H18FN3O4/c1-20-17(4-5-17)13-3-2-11(8-14(13)19)22-10-12(26-16(22)24)9-21-15(23)18(25)6-7-18/h2-3,8,12,25H,4-7,9-10H2,(H,21,23). The molecule has 0 spiro atoms. The molecule has 3 fully saturated rings. The summed E-state index contributed by atoms with van der Waals surface area (Å²) in [6, 6.07) is 4.41. The largest absolute Gasteiger partial charge is 0.442 e. The molecule has 2 aliphatic carbocycles. The molecule has 3 aliphatic rings. The van der Waals surface area contributed by atoms with Crippen molar-refractivity contribution in [1.29, 1.82) is 0 Å². The maximum absolute atomic E-state index is 14.4. The number of nitrogens with one attached hydrogen (secondary N) is 1. The Morgan fingerprint density at radius 2 is 2.15 bits per heavy atom. The zero-order valence-corrected chi connectivity index (χ0v) is 14.0. The van der Waals surface area contributed by atoms with Crippen molar-refractivity contribution < 1.29 is 23.8 Å². The summed E-state index contributed by atoms with van der Waals surface area (Å²) in [7, 11) is 0. The van der Waals surface area contributed by atoms with E-state index in [-0.39, 0.29) is 13.1 Å². The lowest BCUT2D eigenvalue weighted by atomic mass is 10.0. The van der Waals surface area contributed by atoms with Crippen molar-refractivity contribution in [3.63, 3.8) is 0 Å². The van der Waals surface area contributed by atoms with Crippen LogP contribution in [0.5, 0.6) is 0 Å². The average molecular weight is 359 g/mol. The second-order valence-corrected chi connectivity index (χ2v) is 7.17. The van der Waals surface area contributed by atoms with Crippen LogP contribution in [0.3, 0.4) is 0 Å². The van der Waals surface area contributed by atoms with Gasteiger partial charge in [-0.1, -0.05) is 0 Å². The van der Waals surface area contributed by atoms with Gasteiger partial charge in [-0.3, -0.25) is 9.69 Å². The van der Waals surface area contributed by atoms with Gasteiger partial charge < -0.3 is 20.0 Å². The Morgan fingerprint density at radius 3 is 2.73 bits per heavy atom. The SMILES string of the molecule is [C-]#[N+]C1(c2ccc(N3CC(CNC(=O)C4(O)CC4)OC3=O)cc2F)CC1. The Balaban J connectivity index is 1.42. The van der Waals surface area contributed by atoms with Gasteiger partial charge in [-0.05, 0) is 31.0 Å². The molecule has 4 rings (SSSR count). The minimum absolute atomic E-state index is 0.0881. The number of carbonyl (C=O) groups excluding carboxylic acids is 2. The summed E-state index contributed by atoms with van der Waals surface area (Å²) in [5.41, 5.74) is -1.30. The molecule has 0 aromatic heterocycles. The van der Waals surface area contributed by atoms with Gasteiger partial charge in [0.25, 0.3) is 11.4 Å². The molecule has 1 unspecified atom stereocenters. The molecule has 0 radical (unpaired) electrons. The number of hydrogen-bond donors (Lipinski definition) is 2. The number of anilines is 1. The molecule has 7 nitrogen and oxygen atoms in total. The van der Waals surface area contributed by atoms with E-state index in [1.807, 2.05) is 0 Å². The van der Waals surface area contributed by atoms with Crippen LogP contribution in [0.15, 0.2) is 18.2 Å². The van der Waals surface area contributed by atoms with E-state index in [4.69, 9.17) is 11.3 Å². The highest BCUT2D eigenvalue weighted by Gasteiger charge is 2.54. The van der Waals surface area contributed by atoms with Crippen molar-refractivity contribution in [2.45, 2.75) is 42.9 Å². The minimum Gasteiger partial charge on any atom is -0.442 e. The van der Waals surface area contributed by atoms with Crippen molar-refractivity contribution in [3.8, 4) is 0 Å². The third-order valence-electron chi connectivity index (χ3n) is 5.21. The summed E-state index contributed by atoms with van der Waals surface area (Å²) in [4.78, 5) is 28.6. The monoisotopic (exact) mass is 359 g/mol. The maximum atomic E-state index is 14.4. The van der Waals surface area contributed by atoms with Gasteiger partial charge in [0.2, 0.25) is 0 Å². The number of nitrogens with zero attached hydrogens (tertiary/aromatic N) is 2.